The van der Waals surface area contributed by atoms with E-state index in [0.29, 0.717) is 18.8 Å². The van der Waals surface area contributed by atoms with Gasteiger partial charge in [0.25, 0.3) is 11.5 Å². The summed E-state index contributed by atoms with van der Waals surface area (Å²) in [7, 11) is 1.67. The number of fused-ring (bicyclic) bond motifs is 1. The Hall–Kier alpha value is -2.44. The van der Waals surface area contributed by atoms with Crippen molar-refractivity contribution in [3.05, 3.63) is 38.2 Å². The zero-order valence-electron chi connectivity index (χ0n) is 14.1. The van der Waals surface area contributed by atoms with E-state index in [-0.39, 0.29) is 28.4 Å². The van der Waals surface area contributed by atoms with E-state index in [0.717, 1.165) is 0 Å². The second-order valence-corrected chi connectivity index (χ2v) is 5.77. The molecule has 2 aromatic heterocycles. The molecule has 0 spiro atoms. The quantitative estimate of drug-likeness (QED) is 0.921. The van der Waals surface area contributed by atoms with Gasteiger partial charge >= 0.3 is 5.69 Å². The molecule has 2 rings (SSSR count). The molecule has 0 radical (unpaired) electrons. The van der Waals surface area contributed by atoms with Crippen molar-refractivity contribution in [2.75, 3.05) is 13.6 Å². The molecular formula is C16H22N4O3. The molecule has 124 valence electrons. The summed E-state index contributed by atoms with van der Waals surface area (Å²) >= 11 is 0. The summed E-state index contributed by atoms with van der Waals surface area (Å²) in [6.07, 6.45) is 0. The van der Waals surface area contributed by atoms with Crippen molar-refractivity contribution in [1.82, 2.24) is 19.4 Å². The highest BCUT2D eigenvalue weighted by atomic mass is 16.2. The van der Waals surface area contributed by atoms with Crippen molar-refractivity contribution in [3.63, 3.8) is 0 Å². The van der Waals surface area contributed by atoms with Crippen LogP contribution in [0.4, 0.5) is 0 Å². The molecule has 0 unspecified atom stereocenters. The number of carbonyl (C=O) groups excluding carboxylic acids is 1. The Labute approximate surface area is 134 Å². The number of amides is 1. The third-order valence-electron chi connectivity index (χ3n) is 3.93. The Bertz CT molecular complexity index is 864. The summed E-state index contributed by atoms with van der Waals surface area (Å²) in [6.45, 7) is 8.43. The van der Waals surface area contributed by atoms with Gasteiger partial charge in [0.15, 0.2) is 5.65 Å². The standard InChI is InChI=1S/C16H22N4O3/c1-6-19(5)15(22)10-8-11(9(3)4)17-13-12(10)14(21)18-16(23)20(13)7-2/h8-9H,6-7H2,1-5H3,(H,18,21,23). The van der Waals surface area contributed by atoms with Gasteiger partial charge in [0, 0.05) is 25.8 Å². The summed E-state index contributed by atoms with van der Waals surface area (Å²) in [5, 5.41) is 0.168. The van der Waals surface area contributed by atoms with Crippen LogP contribution in [-0.4, -0.2) is 38.9 Å². The fourth-order valence-electron chi connectivity index (χ4n) is 2.40. The minimum atomic E-state index is -0.578. The molecule has 7 heteroatoms. The van der Waals surface area contributed by atoms with Crippen molar-refractivity contribution >= 4 is 16.9 Å². The fourth-order valence-corrected chi connectivity index (χ4v) is 2.40. The molecule has 0 aliphatic carbocycles. The van der Waals surface area contributed by atoms with Crippen LogP contribution >= 0.6 is 0 Å². The maximum atomic E-state index is 12.7. The molecule has 2 aromatic rings. The predicted molar refractivity (Wildman–Crippen MR) is 89.0 cm³/mol. The normalized spacial score (nSPS) is 11.2. The highest BCUT2D eigenvalue weighted by molar-refractivity contribution is 6.05. The largest absolute Gasteiger partial charge is 0.342 e. The van der Waals surface area contributed by atoms with Crippen molar-refractivity contribution in [1.29, 1.82) is 0 Å². The number of nitrogens with zero attached hydrogens (tertiary/aromatic N) is 3. The molecule has 23 heavy (non-hydrogen) atoms. The van der Waals surface area contributed by atoms with Crippen molar-refractivity contribution in [2.24, 2.45) is 0 Å². The second kappa shape index (κ2) is 6.36. The van der Waals surface area contributed by atoms with Gasteiger partial charge in [-0.05, 0) is 25.8 Å². The van der Waals surface area contributed by atoms with E-state index in [1.54, 1.807) is 20.0 Å². The number of aromatic amines is 1. The molecule has 0 saturated heterocycles. The number of nitrogens with one attached hydrogen (secondary N) is 1. The molecule has 0 saturated carbocycles. The Kier molecular flexibility index (Phi) is 4.68. The SMILES string of the molecule is CCN(C)C(=O)c1cc(C(C)C)nc2c1c(=O)[nH]c(=O)n2CC. The van der Waals surface area contributed by atoms with Crippen molar-refractivity contribution in [3.8, 4) is 0 Å². The number of rotatable bonds is 4. The van der Waals surface area contributed by atoms with Crippen LogP contribution in [0.25, 0.3) is 11.0 Å². The summed E-state index contributed by atoms with van der Waals surface area (Å²) in [5.74, 6) is -0.189. The van der Waals surface area contributed by atoms with Crippen LogP contribution in [0, 0.1) is 0 Å². The topological polar surface area (TPSA) is 88.1 Å². The molecule has 0 aliphatic heterocycles. The number of pyridine rings is 1. The molecule has 0 atom stereocenters. The van der Waals surface area contributed by atoms with E-state index in [9.17, 15) is 14.4 Å². The van der Waals surface area contributed by atoms with Gasteiger partial charge in [-0.1, -0.05) is 13.8 Å². The Morgan fingerprint density at radius 1 is 1.35 bits per heavy atom. The van der Waals surface area contributed by atoms with E-state index in [4.69, 9.17) is 0 Å². The smallest absolute Gasteiger partial charge is 0.329 e. The average Bonchev–Trinajstić information content (AvgIpc) is 2.52. The van der Waals surface area contributed by atoms with Crippen LogP contribution in [0.2, 0.25) is 0 Å². The maximum Gasteiger partial charge on any atom is 0.329 e. The molecule has 0 aromatic carbocycles. The van der Waals surface area contributed by atoms with Gasteiger partial charge in [-0.3, -0.25) is 19.1 Å². The van der Waals surface area contributed by atoms with E-state index >= 15 is 0 Å². The lowest BCUT2D eigenvalue weighted by molar-refractivity contribution is 0.0804. The first kappa shape index (κ1) is 16.9. The summed E-state index contributed by atoms with van der Waals surface area (Å²) < 4.78 is 1.38. The van der Waals surface area contributed by atoms with Crippen LogP contribution in [0.5, 0.6) is 0 Å². The van der Waals surface area contributed by atoms with Crippen molar-refractivity contribution in [2.45, 2.75) is 40.2 Å². The first-order valence-electron chi connectivity index (χ1n) is 7.75. The Morgan fingerprint density at radius 2 is 2.00 bits per heavy atom. The number of H-pyrrole nitrogens is 1. The van der Waals surface area contributed by atoms with Crippen LogP contribution < -0.4 is 11.2 Å². The molecule has 2 heterocycles. The summed E-state index contributed by atoms with van der Waals surface area (Å²) in [6, 6.07) is 1.65. The average molecular weight is 318 g/mol. The van der Waals surface area contributed by atoms with Crippen LogP contribution in [-0.2, 0) is 6.54 Å². The maximum absolute atomic E-state index is 12.7. The summed E-state index contributed by atoms with van der Waals surface area (Å²) in [5.41, 5.74) is 0.135. The number of aromatic nitrogens is 3. The molecule has 0 fully saturated rings. The van der Waals surface area contributed by atoms with Crippen LogP contribution in [0.3, 0.4) is 0 Å². The third kappa shape index (κ3) is 2.91. The van der Waals surface area contributed by atoms with E-state index < -0.39 is 11.2 Å². The fraction of sp³-hybridized carbons (Fsp3) is 0.500. The van der Waals surface area contributed by atoms with Gasteiger partial charge in [-0.2, -0.15) is 0 Å². The monoisotopic (exact) mass is 318 g/mol. The van der Waals surface area contributed by atoms with Crippen LogP contribution in [0.1, 0.15) is 49.7 Å². The van der Waals surface area contributed by atoms with Gasteiger partial charge in [-0.15, -0.1) is 0 Å². The minimum absolute atomic E-state index is 0.0672. The summed E-state index contributed by atoms with van der Waals surface area (Å²) in [4.78, 5) is 45.2. The van der Waals surface area contributed by atoms with E-state index in [1.165, 1.54) is 9.47 Å². The first-order chi connectivity index (χ1) is 10.8. The third-order valence-corrected chi connectivity index (χ3v) is 3.93. The number of hydrogen-bond acceptors (Lipinski definition) is 4. The van der Waals surface area contributed by atoms with E-state index in [2.05, 4.69) is 9.97 Å². The lowest BCUT2D eigenvalue weighted by Gasteiger charge is -2.18. The van der Waals surface area contributed by atoms with E-state index in [1.807, 2.05) is 20.8 Å². The lowest BCUT2D eigenvalue weighted by atomic mass is 10.0. The molecule has 0 bridgehead atoms. The molecule has 1 N–H and O–H groups in total. The number of hydrogen-bond donors (Lipinski definition) is 1. The predicted octanol–water partition coefficient (Wildman–Crippen LogP) is 1.32. The molecular weight excluding hydrogens is 296 g/mol. The number of aryl methyl sites for hydroxylation is 1. The molecule has 1 amide bonds. The van der Waals surface area contributed by atoms with Gasteiger partial charge in [0.1, 0.15) is 0 Å². The zero-order chi connectivity index (χ0) is 17.3. The first-order valence-corrected chi connectivity index (χ1v) is 7.75. The van der Waals surface area contributed by atoms with Gasteiger partial charge in [-0.25, -0.2) is 9.78 Å². The van der Waals surface area contributed by atoms with Gasteiger partial charge in [0.05, 0.1) is 10.9 Å². The second-order valence-electron chi connectivity index (χ2n) is 5.77. The van der Waals surface area contributed by atoms with Crippen molar-refractivity contribution < 1.29 is 4.79 Å². The van der Waals surface area contributed by atoms with Crippen LogP contribution in [0.15, 0.2) is 15.7 Å². The zero-order valence-corrected chi connectivity index (χ0v) is 14.1. The molecule has 7 nitrogen and oxygen atoms in total. The highest BCUT2D eigenvalue weighted by Gasteiger charge is 2.21. The van der Waals surface area contributed by atoms with Gasteiger partial charge in [0.2, 0.25) is 0 Å². The van der Waals surface area contributed by atoms with Gasteiger partial charge < -0.3 is 4.90 Å². The highest BCUT2D eigenvalue weighted by Crippen LogP contribution is 2.20. The Balaban J connectivity index is 2.98. The lowest BCUT2D eigenvalue weighted by Crippen LogP contribution is -2.33. The molecule has 0 aliphatic rings. The number of carbonyl (C=O) groups is 1. The minimum Gasteiger partial charge on any atom is -0.342 e. The Morgan fingerprint density at radius 3 is 2.52 bits per heavy atom.